The minimum absolute atomic E-state index is 0.0693. The van der Waals surface area contributed by atoms with E-state index in [1.807, 2.05) is 30.3 Å². The van der Waals surface area contributed by atoms with Gasteiger partial charge in [-0.25, -0.2) is 4.79 Å². The van der Waals surface area contributed by atoms with E-state index in [-0.39, 0.29) is 5.78 Å². The summed E-state index contributed by atoms with van der Waals surface area (Å²) >= 11 is 0. The molecule has 20 heavy (non-hydrogen) atoms. The van der Waals surface area contributed by atoms with E-state index in [9.17, 15) is 9.59 Å². The van der Waals surface area contributed by atoms with Crippen LogP contribution in [0.1, 0.15) is 22.8 Å². The third kappa shape index (κ3) is 3.95. The number of hydrogen-bond acceptors (Lipinski definition) is 3. The van der Waals surface area contributed by atoms with E-state index in [0.29, 0.717) is 17.9 Å². The monoisotopic (exact) mass is 269 g/mol. The zero-order valence-corrected chi connectivity index (χ0v) is 11.1. The number of carbonyl (C=O) groups excluding carboxylic acids is 2. The third-order valence-corrected chi connectivity index (χ3v) is 2.73. The van der Waals surface area contributed by atoms with Crippen LogP contribution in [0.5, 0.6) is 5.75 Å². The lowest BCUT2D eigenvalue weighted by molar-refractivity contribution is 0.101. The second-order valence-corrected chi connectivity index (χ2v) is 4.31. The number of ether oxygens (including phenoxy) is 1. The van der Waals surface area contributed by atoms with Crippen LogP contribution in [0.25, 0.3) is 0 Å². The van der Waals surface area contributed by atoms with Gasteiger partial charge in [-0.15, -0.1) is 0 Å². The molecule has 0 radical (unpaired) electrons. The van der Waals surface area contributed by atoms with Crippen molar-refractivity contribution in [3.8, 4) is 5.75 Å². The van der Waals surface area contributed by atoms with Crippen molar-refractivity contribution in [2.75, 3.05) is 0 Å². The highest BCUT2D eigenvalue weighted by molar-refractivity contribution is 5.94. The first-order valence-corrected chi connectivity index (χ1v) is 6.26. The molecule has 1 N–H and O–H groups in total. The van der Waals surface area contributed by atoms with E-state index < -0.39 is 6.09 Å². The van der Waals surface area contributed by atoms with Gasteiger partial charge in [0.05, 0.1) is 0 Å². The molecule has 0 atom stereocenters. The van der Waals surface area contributed by atoms with Crippen molar-refractivity contribution in [1.82, 2.24) is 5.32 Å². The van der Waals surface area contributed by atoms with Gasteiger partial charge < -0.3 is 10.1 Å². The van der Waals surface area contributed by atoms with Crippen LogP contribution in [-0.4, -0.2) is 11.9 Å². The molecule has 0 unspecified atom stereocenters. The van der Waals surface area contributed by atoms with Crippen molar-refractivity contribution in [2.45, 2.75) is 13.5 Å². The molecule has 0 aliphatic rings. The number of rotatable bonds is 4. The highest BCUT2D eigenvalue weighted by Crippen LogP contribution is 2.13. The maximum atomic E-state index is 11.6. The number of amides is 1. The summed E-state index contributed by atoms with van der Waals surface area (Å²) in [7, 11) is 0. The fourth-order valence-corrected chi connectivity index (χ4v) is 1.69. The molecule has 2 aromatic carbocycles. The fraction of sp³-hybridized carbons (Fsp3) is 0.125. The molecule has 4 nitrogen and oxygen atoms in total. The van der Waals surface area contributed by atoms with E-state index in [1.165, 1.54) is 6.92 Å². The van der Waals surface area contributed by atoms with Crippen molar-refractivity contribution in [1.29, 1.82) is 0 Å². The van der Waals surface area contributed by atoms with Crippen LogP contribution in [0, 0.1) is 0 Å². The lowest BCUT2D eigenvalue weighted by atomic mass is 10.1. The summed E-state index contributed by atoms with van der Waals surface area (Å²) in [5.41, 5.74) is 1.50. The summed E-state index contributed by atoms with van der Waals surface area (Å²) < 4.78 is 5.12. The molecule has 0 fully saturated rings. The normalized spacial score (nSPS) is 9.85. The highest BCUT2D eigenvalue weighted by Gasteiger charge is 2.06. The van der Waals surface area contributed by atoms with Crippen molar-refractivity contribution in [3.05, 3.63) is 65.7 Å². The zero-order valence-electron chi connectivity index (χ0n) is 11.1. The average Bonchev–Trinajstić information content (AvgIpc) is 2.46. The largest absolute Gasteiger partial charge is 0.412 e. The Balaban J connectivity index is 1.91. The molecule has 0 aliphatic carbocycles. The highest BCUT2D eigenvalue weighted by atomic mass is 16.6. The first kappa shape index (κ1) is 13.8. The molecule has 0 heterocycles. The van der Waals surface area contributed by atoms with Gasteiger partial charge in [0.15, 0.2) is 5.78 Å². The van der Waals surface area contributed by atoms with Gasteiger partial charge in [0, 0.05) is 12.1 Å². The van der Waals surface area contributed by atoms with Crippen LogP contribution < -0.4 is 10.1 Å². The summed E-state index contributed by atoms with van der Waals surface area (Å²) in [5, 5.41) is 2.65. The summed E-state index contributed by atoms with van der Waals surface area (Å²) in [6.07, 6.45) is -0.547. The maximum absolute atomic E-state index is 11.6. The molecule has 2 rings (SSSR count). The number of hydrogen-bond donors (Lipinski definition) is 1. The SMILES string of the molecule is CC(=O)c1cccc(OC(=O)NCc2ccccc2)c1. The Morgan fingerprint density at radius 1 is 1.05 bits per heavy atom. The number of ketones is 1. The Morgan fingerprint density at radius 3 is 2.50 bits per heavy atom. The second kappa shape index (κ2) is 6.52. The van der Waals surface area contributed by atoms with Gasteiger partial charge in [0.25, 0.3) is 0 Å². The Morgan fingerprint density at radius 2 is 1.80 bits per heavy atom. The van der Waals surface area contributed by atoms with E-state index in [4.69, 9.17) is 4.74 Å². The average molecular weight is 269 g/mol. The Labute approximate surface area is 117 Å². The molecule has 0 saturated carbocycles. The van der Waals surface area contributed by atoms with E-state index in [0.717, 1.165) is 5.56 Å². The van der Waals surface area contributed by atoms with Gasteiger partial charge in [-0.1, -0.05) is 42.5 Å². The van der Waals surface area contributed by atoms with Crippen molar-refractivity contribution in [3.63, 3.8) is 0 Å². The zero-order chi connectivity index (χ0) is 14.4. The molecule has 2 aromatic rings. The molecule has 0 bridgehead atoms. The van der Waals surface area contributed by atoms with Crippen LogP contribution in [0.15, 0.2) is 54.6 Å². The molecule has 102 valence electrons. The quantitative estimate of drug-likeness (QED) is 0.867. The molecular weight excluding hydrogens is 254 g/mol. The number of benzene rings is 2. The van der Waals surface area contributed by atoms with E-state index >= 15 is 0 Å². The van der Waals surface area contributed by atoms with Crippen LogP contribution in [0.4, 0.5) is 4.79 Å². The molecule has 0 aromatic heterocycles. The van der Waals surface area contributed by atoms with Crippen LogP contribution in [0.3, 0.4) is 0 Å². The third-order valence-electron chi connectivity index (χ3n) is 2.73. The van der Waals surface area contributed by atoms with Crippen LogP contribution in [0.2, 0.25) is 0 Å². The van der Waals surface area contributed by atoms with Crippen LogP contribution in [-0.2, 0) is 6.54 Å². The number of nitrogens with one attached hydrogen (secondary N) is 1. The van der Waals surface area contributed by atoms with Gasteiger partial charge in [-0.05, 0) is 24.6 Å². The van der Waals surface area contributed by atoms with Gasteiger partial charge in [0.2, 0.25) is 0 Å². The van der Waals surface area contributed by atoms with Crippen LogP contribution >= 0.6 is 0 Å². The van der Waals surface area contributed by atoms with E-state index in [1.54, 1.807) is 24.3 Å². The molecule has 1 amide bonds. The Bertz CT molecular complexity index is 608. The van der Waals surface area contributed by atoms with Gasteiger partial charge >= 0.3 is 6.09 Å². The minimum atomic E-state index is -0.547. The first-order valence-electron chi connectivity index (χ1n) is 6.26. The summed E-state index contributed by atoms with van der Waals surface area (Å²) in [5.74, 6) is 0.281. The lowest BCUT2D eigenvalue weighted by Crippen LogP contribution is -2.26. The van der Waals surface area contributed by atoms with E-state index in [2.05, 4.69) is 5.32 Å². The van der Waals surface area contributed by atoms with Gasteiger partial charge in [-0.3, -0.25) is 4.79 Å². The molecule has 0 aliphatic heterocycles. The van der Waals surface area contributed by atoms with Gasteiger partial charge in [-0.2, -0.15) is 0 Å². The minimum Gasteiger partial charge on any atom is -0.410 e. The topological polar surface area (TPSA) is 55.4 Å². The number of carbonyl (C=O) groups is 2. The second-order valence-electron chi connectivity index (χ2n) is 4.31. The summed E-state index contributed by atoms with van der Waals surface area (Å²) in [4.78, 5) is 22.9. The fourth-order valence-electron chi connectivity index (χ4n) is 1.69. The smallest absolute Gasteiger partial charge is 0.410 e. The summed E-state index contributed by atoms with van der Waals surface area (Å²) in [6, 6.07) is 16.1. The Hall–Kier alpha value is -2.62. The van der Waals surface area contributed by atoms with Crippen molar-refractivity contribution in [2.24, 2.45) is 0 Å². The standard InChI is InChI=1S/C16H15NO3/c1-12(18)14-8-5-9-15(10-14)20-16(19)17-11-13-6-3-2-4-7-13/h2-10H,11H2,1H3,(H,17,19). The first-order chi connectivity index (χ1) is 9.65. The lowest BCUT2D eigenvalue weighted by Gasteiger charge is -2.07. The number of Topliss-reactive ketones (excluding diaryl/α,β-unsaturated/α-hetero) is 1. The van der Waals surface area contributed by atoms with Crippen molar-refractivity contribution >= 4 is 11.9 Å². The maximum Gasteiger partial charge on any atom is 0.412 e. The molecular formula is C16H15NO3. The molecule has 0 spiro atoms. The molecule has 0 saturated heterocycles. The predicted molar refractivity (Wildman–Crippen MR) is 75.8 cm³/mol. The predicted octanol–water partition coefficient (Wildman–Crippen LogP) is 3.18. The van der Waals surface area contributed by atoms with Gasteiger partial charge in [0.1, 0.15) is 5.75 Å². The summed E-state index contributed by atoms with van der Waals surface area (Å²) in [6.45, 7) is 1.86. The van der Waals surface area contributed by atoms with Crippen molar-refractivity contribution < 1.29 is 14.3 Å². The molecule has 4 heteroatoms. The Kier molecular flexibility index (Phi) is 4.50.